The van der Waals surface area contributed by atoms with Crippen LogP contribution < -0.4 is 37.7 Å². The maximum absolute atomic E-state index is 13.4. The van der Waals surface area contributed by atoms with Gasteiger partial charge in [-0.2, -0.15) is 35.5 Å². The molecule has 4 aromatic rings. The summed E-state index contributed by atoms with van der Waals surface area (Å²) in [5, 5.41) is 28.3. The van der Waals surface area contributed by atoms with Crippen LogP contribution in [-0.2, 0) is 59.0 Å². The molecule has 0 fully saturated rings. The number of nitrogens with zero attached hydrogens (tertiary/aromatic N) is 5. The van der Waals surface area contributed by atoms with Gasteiger partial charge in [-0.1, -0.05) is 0 Å². The van der Waals surface area contributed by atoms with Crippen LogP contribution in [0.2, 0.25) is 0 Å². The lowest BCUT2D eigenvalue weighted by Crippen LogP contribution is -2.50. The van der Waals surface area contributed by atoms with E-state index in [1.165, 1.54) is 18.2 Å². The van der Waals surface area contributed by atoms with Crippen molar-refractivity contribution in [1.82, 2.24) is 0 Å². The van der Waals surface area contributed by atoms with E-state index in [2.05, 4.69) is 50.1 Å². The van der Waals surface area contributed by atoms with Crippen LogP contribution in [0.25, 0.3) is 0 Å². The fourth-order valence-electron chi connectivity index (χ4n) is 4.74. The van der Waals surface area contributed by atoms with Crippen molar-refractivity contribution in [3.8, 4) is 0 Å². The third kappa shape index (κ3) is 14.1. The van der Waals surface area contributed by atoms with Gasteiger partial charge in [-0.25, -0.2) is 30.0 Å². The molecule has 28 nitrogen and oxygen atoms in total. The second-order valence-electron chi connectivity index (χ2n) is 11.9. The number of sulfone groups is 2. The molecule has 0 spiro atoms. The molecule has 33 heteroatoms. The molecule has 0 saturated carbocycles. The van der Waals surface area contributed by atoms with Crippen LogP contribution in [0.3, 0.4) is 0 Å². The van der Waals surface area contributed by atoms with Crippen LogP contribution in [0.5, 0.6) is 0 Å². The number of nitrogens with one attached hydrogen (secondary N) is 3. The minimum Gasteiger partial charge on any atom is -0.478 e. The Hall–Kier alpha value is -6.30. The number of carbonyl (C=O) groups is 1. The lowest BCUT2D eigenvalue weighted by molar-refractivity contribution is 0.0694. The molecule has 4 aromatic carbocycles. The lowest BCUT2D eigenvalue weighted by atomic mass is 10.2. The fraction of sp³-hybridized carbons (Fsp3) is 0.167. The van der Waals surface area contributed by atoms with E-state index in [0.717, 1.165) is 36.4 Å². The summed E-state index contributed by atoms with van der Waals surface area (Å²) in [5.41, 5.74) is 0.498. The first-order valence-electron chi connectivity index (χ1n) is 16.4. The Morgan fingerprint density at radius 3 is 1.70 bits per heavy atom. The summed E-state index contributed by atoms with van der Waals surface area (Å²) < 4.78 is 152. The normalized spacial score (nSPS) is 13.3. The first-order chi connectivity index (χ1) is 29.2. The smallest absolute Gasteiger partial charge is 0.397 e. The highest BCUT2D eigenvalue weighted by Crippen LogP contribution is 2.33. The minimum atomic E-state index is -5.20. The molecule has 0 bridgehead atoms. The molecule has 0 aromatic heterocycles. The zero-order valence-electron chi connectivity index (χ0n) is 31.0. The van der Waals surface area contributed by atoms with Gasteiger partial charge < -0.3 is 10.4 Å². The van der Waals surface area contributed by atoms with Gasteiger partial charge in [0.2, 0.25) is 10.9 Å². The third-order valence-electron chi connectivity index (χ3n) is 7.56. The summed E-state index contributed by atoms with van der Waals surface area (Å²) in [6.07, 6.45) is 0. The number of carboxylic acids is 1. The number of rotatable bonds is 21. The van der Waals surface area contributed by atoms with Gasteiger partial charge in [0.1, 0.15) is 28.3 Å². The Morgan fingerprint density at radius 2 is 1.14 bits per heavy atom. The first-order valence-corrected chi connectivity index (χ1v) is 23.9. The van der Waals surface area contributed by atoms with Crippen molar-refractivity contribution in [3.63, 3.8) is 0 Å². The van der Waals surface area contributed by atoms with Crippen molar-refractivity contribution >= 4 is 85.0 Å². The van der Waals surface area contributed by atoms with Gasteiger partial charge in [0.25, 0.3) is 10.1 Å². The largest absolute Gasteiger partial charge is 0.478 e. The number of aromatic carboxylic acids is 1. The number of hydrogen-bond donors (Lipinski definition) is 7. The molecule has 63 heavy (non-hydrogen) atoms. The second-order valence-corrected chi connectivity index (χ2v) is 19.7. The average Bonchev–Trinajstić information content (AvgIpc) is 3.17. The molecule has 0 amide bonds. The molecule has 0 radical (unpaired) electrons. The molecule has 7 N–H and O–H groups in total. The van der Waals surface area contributed by atoms with Crippen LogP contribution in [0.15, 0.2) is 117 Å². The summed E-state index contributed by atoms with van der Waals surface area (Å²) in [4.78, 5) is 46.9. The van der Waals surface area contributed by atoms with Crippen molar-refractivity contribution in [2.24, 2.45) is 25.6 Å². The predicted octanol–water partition coefficient (Wildman–Crippen LogP) is -0.179. The Balaban J connectivity index is 1.65. The second kappa shape index (κ2) is 19.8. The molecule has 0 saturated heterocycles. The van der Waals surface area contributed by atoms with Crippen molar-refractivity contribution in [2.75, 3.05) is 47.6 Å². The van der Waals surface area contributed by atoms with Crippen molar-refractivity contribution in [3.05, 3.63) is 108 Å². The van der Waals surface area contributed by atoms with E-state index in [0.29, 0.717) is 12.1 Å². The molecule has 4 rings (SSSR count). The van der Waals surface area contributed by atoms with Gasteiger partial charge in [0.15, 0.2) is 25.0 Å². The first kappa shape index (κ1) is 49.4. The van der Waals surface area contributed by atoms with E-state index in [1.807, 2.05) is 0 Å². The van der Waals surface area contributed by atoms with Crippen LogP contribution in [0, 0.1) is 4.91 Å². The Bertz CT molecular complexity index is 3280. The minimum absolute atomic E-state index is 0.0177. The molecule has 0 aliphatic carbocycles. The number of anilines is 3. The Kier molecular flexibility index (Phi) is 15.5. The molecule has 0 aliphatic rings. The average molecular weight is 981 g/mol. The highest BCUT2D eigenvalue weighted by atomic mass is 32.3. The zero-order chi connectivity index (χ0) is 47.0. The van der Waals surface area contributed by atoms with E-state index < -0.39 is 131 Å². The van der Waals surface area contributed by atoms with Gasteiger partial charge in [0, 0.05) is 6.07 Å². The van der Waals surface area contributed by atoms with E-state index >= 15 is 0 Å². The lowest BCUT2D eigenvalue weighted by Gasteiger charge is -2.09. The van der Waals surface area contributed by atoms with Crippen molar-refractivity contribution in [2.45, 2.75) is 14.7 Å². The highest BCUT2D eigenvalue weighted by molar-refractivity contribution is 7.92. The van der Waals surface area contributed by atoms with Gasteiger partial charge in [-0.05, 0) is 65.8 Å². The number of azo groups is 1. The van der Waals surface area contributed by atoms with E-state index in [1.54, 1.807) is 0 Å². The quantitative estimate of drug-likeness (QED) is 0.0246. The van der Waals surface area contributed by atoms with Gasteiger partial charge >= 0.3 is 26.8 Å². The van der Waals surface area contributed by atoms with Crippen molar-refractivity contribution < 1.29 is 74.0 Å². The predicted molar refractivity (Wildman–Crippen MR) is 213 cm³/mol. The van der Waals surface area contributed by atoms with Gasteiger partial charge in [0.05, 0.1) is 57.1 Å². The van der Waals surface area contributed by atoms with E-state index in [-0.39, 0.29) is 27.6 Å². The van der Waals surface area contributed by atoms with E-state index in [4.69, 9.17) is 9.11 Å². The van der Waals surface area contributed by atoms with Crippen LogP contribution in [-0.4, -0.2) is 98.2 Å². The van der Waals surface area contributed by atoms with Crippen LogP contribution in [0.4, 0.5) is 28.4 Å². The standard InChI is InChI=1S/C30H28N8O20S5/c39-25-15-21(30(41)42)27(29(40)28(25)38-33-17-1-4-19(5-2-17)59(44,45)11-9-57-62(51,52)53)37-34-18-3-7-22(24(13-18)31-16-32-43)35-36-23-8-6-20(14-26(23)61(48,49)50)60(46,47)12-10-58-63(54,55)56/h1-8,13-15,31,33-34H,9-12,16H2,(H,41,42)(H,48,49,50)(H,51,52,53)(H,54,55,56). The number of benzene rings is 4. The van der Waals surface area contributed by atoms with E-state index in [9.17, 15) is 71.0 Å². The molecule has 0 heterocycles. The van der Waals surface area contributed by atoms with Crippen molar-refractivity contribution in [1.29, 1.82) is 0 Å². The zero-order valence-corrected chi connectivity index (χ0v) is 35.1. The maximum Gasteiger partial charge on any atom is 0.397 e. The third-order valence-corrected chi connectivity index (χ3v) is 12.7. The van der Waals surface area contributed by atoms with Crippen LogP contribution >= 0.6 is 0 Å². The number of nitroso groups, excluding NO2 is 1. The van der Waals surface area contributed by atoms with Crippen LogP contribution in [0.1, 0.15) is 10.4 Å². The summed E-state index contributed by atoms with van der Waals surface area (Å²) in [6.45, 7) is -2.54. The monoisotopic (exact) mass is 980 g/mol. The molecule has 0 atom stereocenters. The fourth-order valence-corrected chi connectivity index (χ4v) is 8.47. The van der Waals surface area contributed by atoms with Gasteiger partial charge in [-0.3, -0.25) is 34.1 Å². The Labute approximate surface area is 353 Å². The summed E-state index contributed by atoms with van der Waals surface area (Å²) in [7, 11) is -23.7. The van der Waals surface area contributed by atoms with Gasteiger partial charge in [-0.15, -0.1) is 15.1 Å². The number of hydrogen-bond acceptors (Lipinski definition) is 24. The molecule has 338 valence electrons. The highest BCUT2D eigenvalue weighted by Gasteiger charge is 2.23. The summed E-state index contributed by atoms with van der Waals surface area (Å²) in [5.74, 6) is -3.63. The molecule has 0 unspecified atom stereocenters. The topological polar surface area (TPSA) is 436 Å². The maximum atomic E-state index is 13.4. The Morgan fingerprint density at radius 1 is 0.635 bits per heavy atom. The molecular formula is C30H28N8O20S5. The molecule has 0 aliphatic heterocycles. The summed E-state index contributed by atoms with van der Waals surface area (Å²) in [6, 6.07) is 10.6. The SMILES string of the molecule is O=NCNc1cc(NN=c2c(C(=O)O)cc(=O)c(=NNc3ccc(S(=O)(=O)CCOS(=O)(=O)O)cc3)c2=O)ccc1N=Nc1ccc(S(=O)(=O)CCOS(=O)(=O)O)cc1S(=O)(=O)O. The summed E-state index contributed by atoms with van der Waals surface area (Å²) >= 11 is 0. The molecular weight excluding hydrogens is 953 g/mol. The number of carboxylic acid groups (broad SMARTS) is 1.